The summed E-state index contributed by atoms with van der Waals surface area (Å²) in [5, 5.41) is 11.5. The highest BCUT2D eigenvalue weighted by atomic mass is 127. The first-order chi connectivity index (χ1) is 67.4. The minimum atomic E-state index is -2.28. The summed E-state index contributed by atoms with van der Waals surface area (Å²) in [6, 6.07) is 39.7. The second-order valence-corrected chi connectivity index (χ2v) is 39.3. The average molecular weight is 2010 g/mol. The summed E-state index contributed by atoms with van der Waals surface area (Å²) >= 11 is 2.26. The average Bonchev–Trinajstić information content (AvgIpc) is 0.783. The number of carbonyl (C=O) groups excluding carboxylic acids is 4. The van der Waals surface area contributed by atoms with Gasteiger partial charge in [0.15, 0.2) is 58.2 Å². The molecular formula is C111H110F11IN12O4. The largest absolute Gasteiger partial charge is 0.309 e. The maximum atomic E-state index is 14.1. The third-order valence-corrected chi connectivity index (χ3v) is 29.1. The molecule has 8 aliphatic carbocycles. The molecule has 0 aliphatic heterocycles. The lowest BCUT2D eigenvalue weighted by Crippen LogP contribution is -2.22. The third-order valence-electron chi connectivity index (χ3n) is 28.3. The van der Waals surface area contributed by atoms with Gasteiger partial charge in [-0.25, -0.2) is 88.2 Å². The fourth-order valence-electron chi connectivity index (χ4n) is 20.8. The number of benzene rings is 8. The van der Waals surface area contributed by atoms with E-state index in [9.17, 15) is 67.5 Å². The second-order valence-electron chi connectivity index (χ2n) is 38.1. The van der Waals surface area contributed by atoms with Gasteiger partial charge in [0.1, 0.15) is 23.3 Å². The van der Waals surface area contributed by atoms with Crippen LogP contribution in [-0.4, -0.2) is 63.5 Å². The molecule has 139 heavy (non-hydrogen) atoms. The predicted molar refractivity (Wildman–Crippen MR) is 522 cm³/mol. The number of nitrogens with zero attached hydrogens (tertiary/aromatic N) is 8. The fraction of sp³-hybridized carbons (Fsp3) is 0.387. The zero-order valence-electron chi connectivity index (χ0n) is 77.5. The monoisotopic (exact) mass is 2010 g/mol. The van der Waals surface area contributed by atoms with Gasteiger partial charge < -0.3 is 21.3 Å². The molecule has 12 aromatic rings. The van der Waals surface area contributed by atoms with Crippen molar-refractivity contribution in [1.82, 2.24) is 39.9 Å². The van der Waals surface area contributed by atoms with Crippen molar-refractivity contribution in [2.45, 2.75) is 250 Å². The molecule has 4 N–H and O–H groups in total. The number of aryl methyl sites for hydroxylation is 12. The van der Waals surface area contributed by atoms with Gasteiger partial charge in [-0.15, -0.1) is 0 Å². The fourth-order valence-corrected chi connectivity index (χ4v) is 21.2. The number of carbonyl (C=O) groups is 4. The summed E-state index contributed by atoms with van der Waals surface area (Å²) in [4.78, 5) is 90.3. The molecular weight excluding hydrogens is 1900 g/mol. The van der Waals surface area contributed by atoms with E-state index in [1.54, 1.807) is 42.5 Å². The number of hydrogen-bond donors (Lipinski definition) is 4. The molecule has 0 saturated heterocycles. The summed E-state index contributed by atoms with van der Waals surface area (Å²) in [6.45, 7) is 0. The molecule has 20 rings (SSSR count). The van der Waals surface area contributed by atoms with Crippen LogP contribution in [0.1, 0.15) is 249 Å². The Bertz CT molecular complexity index is 6500. The Hall–Kier alpha value is -12.1. The SMILES string of the molecule is O=C(Cc1c(F)c(F)c(F)c(F)c1F)Nc1nc2c(nc1CCC1CCCCC1)-c1ccc(F)cc1CC2.O=C(Cc1ccc(F)c(F)c1)Nc1nc2c(nc1CCC1CCCCC1)-c1ccc(F)cc1CC2.O=C(Cc1ccc(I)cc1)Nc1nc2c(nc1CCC1CCCCC1)-c1ccc(F)cc1CC2.O=C(Nc1nc2c(nc1CCC1CCCCC1)-c1ccc(F)cc1CC2)c1ccccc1. The number of aromatic nitrogens is 8. The number of hydrogen-bond acceptors (Lipinski definition) is 12. The van der Waals surface area contributed by atoms with Crippen LogP contribution < -0.4 is 21.3 Å². The molecule has 0 spiro atoms. The van der Waals surface area contributed by atoms with Crippen LogP contribution in [0.15, 0.2) is 146 Å². The number of halogens is 12. The van der Waals surface area contributed by atoms with E-state index in [1.165, 1.54) is 139 Å². The van der Waals surface area contributed by atoms with Gasteiger partial charge in [-0.2, -0.15) is 0 Å². The number of nitrogens with one attached hydrogen (secondary N) is 4. The molecule has 722 valence electrons. The first kappa shape index (κ1) is 98.5. The number of fused-ring (bicyclic) bond motifs is 12. The molecule has 28 heteroatoms. The predicted octanol–water partition coefficient (Wildman–Crippen LogP) is 26.0. The van der Waals surface area contributed by atoms with Crippen molar-refractivity contribution in [2.24, 2.45) is 23.7 Å². The molecule has 4 saturated carbocycles. The molecule has 4 amide bonds. The normalized spacial score (nSPS) is 15.4. The van der Waals surface area contributed by atoms with Crippen molar-refractivity contribution < 1.29 is 67.5 Å². The maximum Gasteiger partial charge on any atom is 0.256 e. The smallest absolute Gasteiger partial charge is 0.256 e. The molecule has 4 aromatic heterocycles. The minimum Gasteiger partial charge on any atom is -0.309 e. The molecule has 8 aromatic carbocycles. The number of anilines is 4. The minimum absolute atomic E-state index is 0.0762. The van der Waals surface area contributed by atoms with E-state index in [1.807, 2.05) is 54.6 Å². The summed E-state index contributed by atoms with van der Waals surface area (Å²) in [7, 11) is 0. The van der Waals surface area contributed by atoms with Gasteiger partial charge in [0.2, 0.25) is 23.5 Å². The van der Waals surface area contributed by atoms with Crippen molar-refractivity contribution in [1.29, 1.82) is 0 Å². The van der Waals surface area contributed by atoms with E-state index >= 15 is 0 Å². The molecule has 0 bridgehead atoms. The summed E-state index contributed by atoms with van der Waals surface area (Å²) in [5.41, 5.74) is 16.9. The Morgan fingerprint density at radius 3 is 0.928 bits per heavy atom. The number of rotatable bonds is 23. The van der Waals surface area contributed by atoms with E-state index < -0.39 is 58.6 Å². The van der Waals surface area contributed by atoms with Crippen LogP contribution in [-0.2, 0) is 111 Å². The van der Waals surface area contributed by atoms with Gasteiger partial charge >= 0.3 is 0 Å². The second kappa shape index (κ2) is 45.9. The Kier molecular flexibility index (Phi) is 32.5. The van der Waals surface area contributed by atoms with Crippen LogP contribution in [0.25, 0.3) is 45.0 Å². The Morgan fingerprint density at radius 2 is 0.597 bits per heavy atom. The van der Waals surface area contributed by atoms with Gasteiger partial charge in [-0.1, -0.05) is 165 Å². The first-order valence-corrected chi connectivity index (χ1v) is 50.2. The van der Waals surface area contributed by atoms with E-state index in [2.05, 4.69) is 48.8 Å². The summed E-state index contributed by atoms with van der Waals surface area (Å²) in [6.07, 6.45) is 35.6. The highest BCUT2D eigenvalue weighted by Crippen LogP contribution is 2.42. The van der Waals surface area contributed by atoms with E-state index in [-0.39, 0.29) is 53.2 Å². The van der Waals surface area contributed by atoms with Crippen molar-refractivity contribution in [3.05, 3.63) is 303 Å². The lowest BCUT2D eigenvalue weighted by atomic mass is 9.85. The zero-order chi connectivity index (χ0) is 96.7. The van der Waals surface area contributed by atoms with Crippen LogP contribution in [0.2, 0.25) is 0 Å². The Labute approximate surface area is 815 Å². The van der Waals surface area contributed by atoms with Crippen LogP contribution >= 0.6 is 22.6 Å². The van der Waals surface area contributed by atoms with Gasteiger partial charge in [0.25, 0.3) is 5.91 Å². The van der Waals surface area contributed by atoms with Gasteiger partial charge in [0.05, 0.1) is 87.6 Å². The Balaban J connectivity index is 0.000000128. The van der Waals surface area contributed by atoms with Crippen LogP contribution in [0.3, 0.4) is 0 Å². The quantitative estimate of drug-likeness (QED) is 0.0203. The molecule has 4 heterocycles. The maximum absolute atomic E-state index is 14.1. The molecule has 4 fully saturated rings. The molecule has 0 unspecified atom stereocenters. The van der Waals surface area contributed by atoms with Gasteiger partial charge in [0, 0.05) is 37.0 Å². The van der Waals surface area contributed by atoms with Crippen LogP contribution in [0, 0.1) is 91.2 Å². The number of amides is 4. The van der Waals surface area contributed by atoms with E-state index in [0.717, 1.165) is 188 Å². The first-order valence-electron chi connectivity index (χ1n) is 49.1. The standard InChI is InChI=1S/C28H25F6N3O.C28H28F3N3O.C28H29FIN3O.C27H28FN3O/c29-16-8-9-17-15(12-16)7-11-19-27(17)35-20(10-6-14-4-2-1-3-5-14)28(36-19)37-21(38)13-18-22(30)24(32)26(34)25(33)23(18)31;29-20-9-10-21-19(16-20)8-13-24-27(21)32-25(12-7-17-4-2-1-3-5-17)28(33-24)34-26(35)15-18-6-11-22(30)23(31)14-18;29-21-10-13-23-20(17-21)9-15-24-27(23)31-25(14-8-18-4-2-1-3-5-18)28(32-24)33-26(34)16-19-6-11-22(30)12-7-19;28-21-13-14-22-20(17-21)12-16-23-25(22)29-24(15-11-18-7-3-1-4-8-18)26(30-23)31-27(32)19-9-5-2-6-10-19/h8-9,12,14H,1-7,10-11,13H2,(H,36,37,38);6,9-11,14,16-17H,1-5,7-8,12-13,15H2,(H,33,34,35);6-7,10-13,17-18H,1-5,8-9,14-16H2,(H,32,33,34);2,5-6,9-10,13-14,17-18H,1,3-4,7-8,11-12,15-16H2,(H,30,31,32). The van der Waals surface area contributed by atoms with E-state index in [0.29, 0.717) is 133 Å². The van der Waals surface area contributed by atoms with Gasteiger partial charge in [-0.05, 0) is 292 Å². The van der Waals surface area contributed by atoms with Crippen LogP contribution in [0.5, 0.6) is 0 Å². The molecule has 8 aliphatic rings. The van der Waals surface area contributed by atoms with Crippen molar-refractivity contribution in [3.8, 4) is 45.0 Å². The Morgan fingerprint density at radius 1 is 0.295 bits per heavy atom. The molecule has 0 atom stereocenters. The van der Waals surface area contributed by atoms with Crippen molar-refractivity contribution in [3.63, 3.8) is 0 Å². The summed E-state index contributed by atoms with van der Waals surface area (Å²) in [5.74, 6) is -10.9. The lowest BCUT2D eigenvalue weighted by molar-refractivity contribution is -0.116. The summed E-state index contributed by atoms with van der Waals surface area (Å²) < 4.78 is 152. The van der Waals surface area contributed by atoms with Crippen molar-refractivity contribution >= 4 is 69.5 Å². The highest BCUT2D eigenvalue weighted by Gasteiger charge is 2.33. The van der Waals surface area contributed by atoms with Gasteiger partial charge in [-0.3, -0.25) is 19.2 Å². The molecule has 16 nitrogen and oxygen atoms in total. The zero-order valence-corrected chi connectivity index (χ0v) is 79.6. The lowest BCUT2D eigenvalue weighted by Gasteiger charge is -2.23. The van der Waals surface area contributed by atoms with E-state index in [4.69, 9.17) is 34.9 Å². The third kappa shape index (κ3) is 24.9. The topological polar surface area (TPSA) is 220 Å². The molecule has 0 radical (unpaired) electrons. The highest BCUT2D eigenvalue weighted by molar-refractivity contribution is 14.1. The van der Waals surface area contributed by atoms with Crippen LogP contribution in [0.4, 0.5) is 71.6 Å². The van der Waals surface area contributed by atoms with Crippen molar-refractivity contribution in [2.75, 3.05) is 21.3 Å².